The molecule has 0 N–H and O–H groups in total. The van der Waals surface area contributed by atoms with Crippen LogP contribution in [0.25, 0.3) is 0 Å². The van der Waals surface area contributed by atoms with Crippen molar-refractivity contribution in [1.29, 1.82) is 0 Å². The number of aromatic nitrogens is 3. The van der Waals surface area contributed by atoms with Crippen molar-refractivity contribution in [3.63, 3.8) is 0 Å². The predicted octanol–water partition coefficient (Wildman–Crippen LogP) is 1.93. The summed E-state index contributed by atoms with van der Waals surface area (Å²) in [5, 5.41) is 8.24. The second kappa shape index (κ2) is 6.36. The van der Waals surface area contributed by atoms with Crippen LogP contribution in [0.2, 0.25) is 0 Å². The van der Waals surface area contributed by atoms with E-state index in [9.17, 15) is 0 Å². The van der Waals surface area contributed by atoms with Gasteiger partial charge in [0, 0.05) is 31.1 Å². The monoisotopic (exact) mass is 256 g/mol. The fourth-order valence-corrected chi connectivity index (χ4v) is 2.64. The van der Waals surface area contributed by atoms with Gasteiger partial charge in [-0.2, -0.15) is 0 Å². The molecule has 1 aliphatic rings. The topological polar surface area (TPSA) is 34.0 Å². The Balaban J connectivity index is 1.79. The molecule has 0 saturated carbocycles. The molecule has 0 aromatic carbocycles. The number of aryl methyl sites for hydroxylation is 2. The van der Waals surface area contributed by atoms with E-state index in [2.05, 4.69) is 22.3 Å². The van der Waals surface area contributed by atoms with Crippen LogP contribution in [0.5, 0.6) is 0 Å². The van der Waals surface area contributed by atoms with Crippen molar-refractivity contribution < 1.29 is 0 Å². The molecule has 4 nitrogen and oxygen atoms in total. The summed E-state index contributed by atoms with van der Waals surface area (Å²) in [7, 11) is 2.23. The molecule has 1 saturated heterocycles. The first-order chi connectivity index (χ1) is 8.29. The Morgan fingerprint density at radius 3 is 3.12 bits per heavy atom. The van der Waals surface area contributed by atoms with Gasteiger partial charge in [0.05, 0.1) is 5.69 Å². The quantitative estimate of drug-likeness (QED) is 0.755. The summed E-state index contributed by atoms with van der Waals surface area (Å²) in [6, 6.07) is 0.712. The molecule has 0 aliphatic carbocycles. The molecule has 96 valence electrons. The number of nitrogens with zero attached hydrogens (tertiary/aromatic N) is 4. The number of rotatable bonds is 5. The number of piperidine rings is 1. The van der Waals surface area contributed by atoms with Gasteiger partial charge < -0.3 is 4.90 Å². The zero-order chi connectivity index (χ0) is 12.1. The molecule has 0 amide bonds. The van der Waals surface area contributed by atoms with Gasteiger partial charge in [-0.3, -0.25) is 4.68 Å². The number of halogens is 1. The van der Waals surface area contributed by atoms with Gasteiger partial charge in [0.2, 0.25) is 0 Å². The molecule has 0 radical (unpaired) electrons. The van der Waals surface area contributed by atoms with Crippen molar-refractivity contribution in [1.82, 2.24) is 19.9 Å². The van der Waals surface area contributed by atoms with Crippen molar-refractivity contribution >= 4 is 11.6 Å². The molecule has 0 bridgehead atoms. The van der Waals surface area contributed by atoms with Crippen LogP contribution in [0.4, 0.5) is 0 Å². The lowest BCUT2D eigenvalue weighted by molar-refractivity contribution is 0.169. The summed E-state index contributed by atoms with van der Waals surface area (Å²) >= 11 is 5.68. The van der Waals surface area contributed by atoms with Crippen molar-refractivity contribution in [2.24, 2.45) is 0 Å². The zero-order valence-electron chi connectivity index (χ0n) is 10.5. The van der Waals surface area contributed by atoms with Crippen LogP contribution in [0.1, 0.15) is 31.4 Å². The Bertz CT molecular complexity index is 339. The summed E-state index contributed by atoms with van der Waals surface area (Å²) in [5.74, 6) is 0.615. The van der Waals surface area contributed by atoms with Gasteiger partial charge in [-0.05, 0) is 32.9 Å². The van der Waals surface area contributed by atoms with Crippen molar-refractivity contribution in [3.05, 3.63) is 11.9 Å². The first-order valence-electron chi connectivity index (χ1n) is 6.45. The van der Waals surface area contributed by atoms with Gasteiger partial charge in [0.1, 0.15) is 0 Å². The van der Waals surface area contributed by atoms with Crippen molar-refractivity contribution in [3.8, 4) is 0 Å². The molecule has 0 spiro atoms. The van der Waals surface area contributed by atoms with Crippen LogP contribution < -0.4 is 0 Å². The summed E-state index contributed by atoms with van der Waals surface area (Å²) in [4.78, 5) is 2.47. The average Bonchev–Trinajstić information content (AvgIpc) is 2.76. The molecule has 2 heterocycles. The van der Waals surface area contributed by atoms with Gasteiger partial charge in [0.15, 0.2) is 0 Å². The highest BCUT2D eigenvalue weighted by atomic mass is 35.5. The fraction of sp³-hybridized carbons (Fsp3) is 0.833. The zero-order valence-corrected chi connectivity index (χ0v) is 11.2. The Morgan fingerprint density at radius 1 is 1.47 bits per heavy atom. The Kier molecular flexibility index (Phi) is 4.80. The van der Waals surface area contributed by atoms with Gasteiger partial charge in [-0.25, -0.2) is 0 Å². The molecule has 5 heteroatoms. The maximum Gasteiger partial charge on any atom is 0.0839 e. The summed E-state index contributed by atoms with van der Waals surface area (Å²) in [5.41, 5.74) is 0.997. The first-order valence-corrected chi connectivity index (χ1v) is 6.98. The van der Waals surface area contributed by atoms with Crippen molar-refractivity contribution in [2.45, 2.75) is 44.7 Å². The Labute approximate surface area is 108 Å². The summed E-state index contributed by atoms with van der Waals surface area (Å²) < 4.78 is 1.95. The van der Waals surface area contributed by atoms with Crippen LogP contribution in [0, 0.1) is 0 Å². The molecule has 1 aliphatic heterocycles. The number of likely N-dealkylation sites (tertiary alicyclic amines) is 1. The molecular weight excluding hydrogens is 236 g/mol. The second-order valence-electron chi connectivity index (χ2n) is 4.83. The fourth-order valence-electron chi connectivity index (χ4n) is 2.45. The van der Waals surface area contributed by atoms with E-state index in [0.717, 1.165) is 18.7 Å². The molecule has 1 aromatic heterocycles. The summed E-state index contributed by atoms with van der Waals surface area (Å²) in [6.45, 7) is 2.20. The minimum absolute atomic E-state index is 0.615. The van der Waals surface area contributed by atoms with E-state index in [4.69, 9.17) is 11.6 Å². The minimum Gasteiger partial charge on any atom is -0.303 e. The first kappa shape index (κ1) is 12.8. The molecule has 1 aromatic rings. The van der Waals surface area contributed by atoms with Gasteiger partial charge in [-0.1, -0.05) is 11.6 Å². The lowest BCUT2D eigenvalue weighted by atomic mass is 10.0. The lowest BCUT2D eigenvalue weighted by Gasteiger charge is -2.32. The van der Waals surface area contributed by atoms with E-state index in [1.165, 1.54) is 32.2 Å². The highest BCUT2D eigenvalue weighted by Gasteiger charge is 2.18. The van der Waals surface area contributed by atoms with E-state index in [-0.39, 0.29) is 0 Å². The third kappa shape index (κ3) is 3.68. The molecule has 1 unspecified atom stereocenters. The van der Waals surface area contributed by atoms with Gasteiger partial charge >= 0.3 is 0 Å². The van der Waals surface area contributed by atoms with E-state index in [0.29, 0.717) is 11.9 Å². The summed E-state index contributed by atoms with van der Waals surface area (Å²) in [6.07, 6.45) is 8.02. The molecular formula is C12H21ClN4. The second-order valence-corrected chi connectivity index (χ2v) is 5.21. The van der Waals surface area contributed by atoms with Crippen LogP contribution in [0.3, 0.4) is 0 Å². The largest absolute Gasteiger partial charge is 0.303 e. The smallest absolute Gasteiger partial charge is 0.0839 e. The number of hydrogen-bond donors (Lipinski definition) is 0. The molecule has 17 heavy (non-hydrogen) atoms. The predicted molar refractivity (Wildman–Crippen MR) is 69.3 cm³/mol. The van der Waals surface area contributed by atoms with E-state index < -0.39 is 0 Å². The lowest BCUT2D eigenvalue weighted by Crippen LogP contribution is -2.36. The van der Waals surface area contributed by atoms with E-state index >= 15 is 0 Å². The van der Waals surface area contributed by atoms with Crippen LogP contribution in [0.15, 0.2) is 6.20 Å². The Hall–Kier alpha value is -0.610. The van der Waals surface area contributed by atoms with E-state index in [1.54, 1.807) is 0 Å². The van der Waals surface area contributed by atoms with Gasteiger partial charge in [-0.15, -0.1) is 16.7 Å². The molecule has 1 atom stereocenters. The molecule has 1 fully saturated rings. The van der Waals surface area contributed by atoms with Crippen LogP contribution >= 0.6 is 11.6 Å². The highest BCUT2D eigenvalue weighted by molar-refractivity contribution is 6.17. The maximum atomic E-state index is 5.68. The normalized spacial score (nSPS) is 21.9. The average molecular weight is 257 g/mol. The SMILES string of the molecule is CN1CCCCC1CCn1cc(CCCl)nn1. The van der Waals surface area contributed by atoms with Crippen molar-refractivity contribution in [2.75, 3.05) is 19.5 Å². The third-order valence-electron chi connectivity index (χ3n) is 3.55. The van der Waals surface area contributed by atoms with Gasteiger partial charge in [0.25, 0.3) is 0 Å². The maximum absolute atomic E-state index is 5.68. The Morgan fingerprint density at radius 2 is 2.35 bits per heavy atom. The minimum atomic E-state index is 0.615. The molecule has 2 rings (SSSR count). The highest BCUT2D eigenvalue weighted by Crippen LogP contribution is 2.18. The standard InChI is InChI=1S/C12H21ClN4/c1-16-8-3-2-4-12(16)6-9-17-10-11(5-7-13)14-15-17/h10,12H,2-9H2,1H3. The number of alkyl halides is 1. The third-order valence-corrected chi connectivity index (χ3v) is 3.74. The number of hydrogen-bond acceptors (Lipinski definition) is 3. The van der Waals surface area contributed by atoms with E-state index in [1.807, 2.05) is 10.9 Å². The van der Waals surface area contributed by atoms with Crippen LogP contribution in [-0.4, -0.2) is 45.4 Å². The van der Waals surface area contributed by atoms with Crippen LogP contribution in [-0.2, 0) is 13.0 Å².